The molecule has 0 aromatic heterocycles. The summed E-state index contributed by atoms with van der Waals surface area (Å²) in [5, 5.41) is 24.2. The topological polar surface area (TPSA) is 198 Å². The molecule has 1 saturated heterocycles. The van der Waals surface area contributed by atoms with Crippen LogP contribution in [-0.4, -0.2) is 96.4 Å². The summed E-state index contributed by atoms with van der Waals surface area (Å²) < 4.78 is 66.5. The Labute approximate surface area is 223 Å². The van der Waals surface area contributed by atoms with Crippen LogP contribution in [0.4, 0.5) is 14.0 Å². The van der Waals surface area contributed by atoms with Gasteiger partial charge in [-0.3, -0.25) is 9.32 Å². The average Bonchev–Trinajstić information content (AvgIpc) is 3.04. The molecule has 0 saturated carbocycles. The lowest BCUT2D eigenvalue weighted by molar-refractivity contribution is -0.149. The van der Waals surface area contributed by atoms with E-state index in [-0.39, 0.29) is 12.4 Å². The Morgan fingerprint density at radius 2 is 1.85 bits per heavy atom. The zero-order chi connectivity index (χ0) is 29.4. The van der Waals surface area contributed by atoms with Crippen molar-refractivity contribution in [1.29, 1.82) is 0 Å². The molecule has 39 heavy (non-hydrogen) atoms. The summed E-state index contributed by atoms with van der Waals surface area (Å²) in [6.07, 6.45) is -4.14. The van der Waals surface area contributed by atoms with Crippen molar-refractivity contribution in [2.75, 3.05) is 33.5 Å². The molecule has 0 aromatic rings. The van der Waals surface area contributed by atoms with Crippen LogP contribution in [0.25, 0.3) is 0 Å². The number of halogens is 1. The number of aliphatic hydroxyl groups is 2. The summed E-state index contributed by atoms with van der Waals surface area (Å²) in [7, 11) is -4.84. The molecule has 5 atom stereocenters. The number of carbonyl (C=O) groups excluding carboxylic acids is 3. The smallest absolute Gasteiger partial charge is 0.435 e. The number of phosphoric acid groups is 1. The summed E-state index contributed by atoms with van der Waals surface area (Å²) in [6, 6.07) is 0. The number of hydrogen-bond donors (Lipinski definition) is 3. The van der Waals surface area contributed by atoms with Crippen LogP contribution in [0.5, 0.6) is 0 Å². The van der Waals surface area contributed by atoms with E-state index in [0.717, 1.165) is 17.9 Å². The molecule has 2 rings (SSSR count). The fourth-order valence-corrected chi connectivity index (χ4v) is 4.30. The Bertz CT molecular complexity index is 992. The van der Waals surface area contributed by atoms with Gasteiger partial charge in [0.2, 0.25) is 13.6 Å². The molecule has 1 amide bonds. The van der Waals surface area contributed by atoms with E-state index in [1.807, 2.05) is 0 Å². The third-order valence-corrected chi connectivity index (χ3v) is 6.47. The van der Waals surface area contributed by atoms with E-state index in [1.165, 1.54) is 13.1 Å². The number of aliphatic hydroxyl groups excluding tert-OH is 1. The van der Waals surface area contributed by atoms with Gasteiger partial charge in [-0.15, -0.1) is 0 Å². The van der Waals surface area contributed by atoms with Gasteiger partial charge in [0.1, 0.15) is 24.2 Å². The maximum Gasteiger partial charge on any atom is 0.510 e. The Balaban J connectivity index is 2.18. The summed E-state index contributed by atoms with van der Waals surface area (Å²) in [6.45, 7) is 4.71. The van der Waals surface area contributed by atoms with Gasteiger partial charge in [-0.05, 0) is 27.7 Å². The van der Waals surface area contributed by atoms with Crippen molar-refractivity contribution in [3.8, 4) is 0 Å². The molecule has 1 fully saturated rings. The van der Waals surface area contributed by atoms with Crippen molar-refractivity contribution in [1.82, 2.24) is 10.2 Å². The number of nitrogens with one attached hydrogen (secondary N) is 1. The van der Waals surface area contributed by atoms with E-state index in [4.69, 9.17) is 23.0 Å². The molecule has 0 bridgehead atoms. The monoisotopic (exact) mass is 586 g/mol. The summed E-state index contributed by atoms with van der Waals surface area (Å²) >= 11 is 0. The van der Waals surface area contributed by atoms with Crippen LogP contribution in [0.2, 0.25) is 0 Å². The van der Waals surface area contributed by atoms with Gasteiger partial charge in [0.25, 0.3) is 5.91 Å². The minimum Gasteiger partial charge on any atom is -0.435 e. The number of ether oxygens (including phenoxy) is 5. The molecular formula is C21H32FN2O14P. The highest BCUT2D eigenvalue weighted by molar-refractivity contribution is 7.48. The molecule has 1 unspecified atom stereocenters. The molecule has 0 aliphatic carbocycles. The first-order valence-electron chi connectivity index (χ1n) is 11.5. The number of hydrogen-bond acceptors (Lipinski definition) is 15. The van der Waals surface area contributed by atoms with Gasteiger partial charge >= 0.3 is 20.1 Å². The van der Waals surface area contributed by atoms with E-state index in [9.17, 15) is 33.6 Å². The third kappa shape index (κ3) is 8.35. The minimum absolute atomic E-state index is 0.0348. The summed E-state index contributed by atoms with van der Waals surface area (Å²) in [4.78, 5) is 35.6. The standard InChI is InChI=1S/C21H32FN2O14P/c1-6-31-18(27)32-11-35-39(30,36-12-33-19(28)37-13(2)3)34-10-21(9-22)16(26)20(5,29)17(38-21)24-8-7-15(25)23-14(24)4/h7-8,13,16-17,26,29H,4,6,9-12H2,1-3,5H3,(H,23,25)/t16-,17+,20+,21+,39?/m0/s1. The van der Waals surface area contributed by atoms with E-state index in [1.54, 1.807) is 13.8 Å². The zero-order valence-electron chi connectivity index (χ0n) is 21.7. The van der Waals surface area contributed by atoms with Gasteiger partial charge in [-0.2, -0.15) is 0 Å². The quantitative estimate of drug-likeness (QED) is 0.159. The number of nitrogens with zero attached hydrogens (tertiary/aromatic N) is 1. The summed E-state index contributed by atoms with van der Waals surface area (Å²) in [5.41, 5.74) is -4.54. The molecule has 0 spiro atoms. The highest BCUT2D eigenvalue weighted by atomic mass is 31.2. The molecule has 2 heterocycles. The molecule has 18 heteroatoms. The van der Waals surface area contributed by atoms with Crippen LogP contribution < -0.4 is 5.32 Å². The van der Waals surface area contributed by atoms with Gasteiger partial charge in [-0.1, -0.05) is 6.58 Å². The van der Waals surface area contributed by atoms with Gasteiger partial charge < -0.3 is 44.1 Å². The van der Waals surface area contributed by atoms with Gasteiger partial charge in [0.15, 0.2) is 11.8 Å². The van der Waals surface area contributed by atoms with Crippen molar-refractivity contribution in [3.05, 3.63) is 24.7 Å². The van der Waals surface area contributed by atoms with Crippen LogP contribution in [0, 0.1) is 0 Å². The maximum atomic E-state index is 14.4. The van der Waals surface area contributed by atoms with Crippen LogP contribution in [-0.2, 0) is 46.6 Å². The highest BCUT2D eigenvalue weighted by Gasteiger charge is 2.63. The van der Waals surface area contributed by atoms with Crippen molar-refractivity contribution in [3.63, 3.8) is 0 Å². The van der Waals surface area contributed by atoms with E-state index < -0.39 is 82.5 Å². The molecule has 2 aliphatic rings. The molecular weight excluding hydrogens is 554 g/mol. The number of amides is 1. The van der Waals surface area contributed by atoms with Crippen molar-refractivity contribution in [2.24, 2.45) is 0 Å². The zero-order valence-corrected chi connectivity index (χ0v) is 22.6. The Hall–Kier alpha value is -2.79. The van der Waals surface area contributed by atoms with Crippen LogP contribution in [0.15, 0.2) is 24.7 Å². The van der Waals surface area contributed by atoms with E-state index in [0.29, 0.717) is 0 Å². The first kappa shape index (κ1) is 32.4. The van der Waals surface area contributed by atoms with E-state index >= 15 is 0 Å². The maximum absolute atomic E-state index is 14.4. The second kappa shape index (κ2) is 13.5. The van der Waals surface area contributed by atoms with Gasteiger partial charge in [0.05, 0.1) is 19.3 Å². The van der Waals surface area contributed by atoms with Gasteiger partial charge in [0, 0.05) is 12.3 Å². The van der Waals surface area contributed by atoms with Crippen LogP contribution in [0.1, 0.15) is 27.7 Å². The predicted molar refractivity (Wildman–Crippen MR) is 125 cm³/mol. The Kier molecular flexibility index (Phi) is 11.2. The van der Waals surface area contributed by atoms with E-state index in [2.05, 4.69) is 26.1 Å². The lowest BCUT2D eigenvalue weighted by atomic mass is 9.88. The van der Waals surface area contributed by atoms with Crippen molar-refractivity contribution >= 4 is 26.0 Å². The first-order chi connectivity index (χ1) is 18.2. The third-order valence-electron chi connectivity index (χ3n) is 5.18. The molecule has 3 N–H and O–H groups in total. The van der Waals surface area contributed by atoms with Crippen molar-refractivity contribution < 1.29 is 70.8 Å². The molecule has 0 radical (unpaired) electrons. The fraction of sp³-hybridized carbons (Fsp3) is 0.667. The fourth-order valence-electron chi connectivity index (χ4n) is 3.34. The SMILES string of the molecule is C=C1NC(=O)C=CN1[C@@H]1O[C@](CF)(COP(=O)(OCOC(=O)OCC)OCOC(=O)OC(C)C)[C@@H](O)[C@@]1(C)O. The molecule has 0 aromatic carbocycles. The molecule has 222 valence electrons. The normalized spacial score (nSPS) is 28.2. The minimum atomic E-state index is -4.84. The Morgan fingerprint density at radius 3 is 2.38 bits per heavy atom. The van der Waals surface area contributed by atoms with Gasteiger partial charge in [-0.25, -0.2) is 27.6 Å². The second-order valence-corrected chi connectivity index (χ2v) is 10.2. The number of rotatable bonds is 13. The first-order valence-corrected chi connectivity index (χ1v) is 12.9. The number of carbonyl (C=O) groups is 3. The van der Waals surface area contributed by atoms with Crippen LogP contribution >= 0.6 is 7.82 Å². The number of alkyl halides is 1. The molecule has 2 aliphatic heterocycles. The average molecular weight is 586 g/mol. The largest absolute Gasteiger partial charge is 0.510 e. The highest BCUT2D eigenvalue weighted by Crippen LogP contribution is 2.52. The Morgan fingerprint density at radius 1 is 1.23 bits per heavy atom. The lowest BCUT2D eigenvalue weighted by Crippen LogP contribution is -2.55. The number of phosphoric ester groups is 1. The summed E-state index contributed by atoms with van der Waals surface area (Å²) in [5.74, 6) is -0.566. The second-order valence-electron chi connectivity index (χ2n) is 8.56. The predicted octanol–water partition coefficient (Wildman–Crippen LogP) is 1.39. The molecule has 16 nitrogen and oxygen atoms in total. The lowest BCUT2D eigenvalue weighted by Gasteiger charge is -2.37. The van der Waals surface area contributed by atoms with Crippen LogP contribution in [0.3, 0.4) is 0 Å². The van der Waals surface area contributed by atoms with Crippen molar-refractivity contribution in [2.45, 2.75) is 57.3 Å².